The largest absolute Gasteiger partial charge is 0.467 e. The number of hydrogen-bond acceptors (Lipinski definition) is 3. The maximum absolute atomic E-state index is 12.6. The van der Waals surface area contributed by atoms with E-state index in [1.807, 2.05) is 6.07 Å². The lowest BCUT2D eigenvalue weighted by Gasteiger charge is -2.20. The number of halogens is 2. The summed E-state index contributed by atoms with van der Waals surface area (Å²) in [4.78, 5) is 14.1. The van der Waals surface area contributed by atoms with Crippen LogP contribution >= 0.6 is 27.5 Å². The Hall–Kier alpha value is -1.77. The molecule has 1 heterocycles. The first kappa shape index (κ1) is 15.6. The molecule has 0 N–H and O–H groups in total. The molecule has 0 spiro atoms. The number of nitriles is 1. The molecule has 108 valence electrons. The van der Waals surface area contributed by atoms with Gasteiger partial charge in [0.1, 0.15) is 5.76 Å². The van der Waals surface area contributed by atoms with Crippen LogP contribution in [0.5, 0.6) is 0 Å². The molecule has 1 amide bonds. The summed E-state index contributed by atoms with van der Waals surface area (Å²) in [6.07, 6.45) is 1.82. The molecular weight excluding hydrogens is 356 g/mol. The smallest absolute Gasteiger partial charge is 0.254 e. The summed E-state index contributed by atoms with van der Waals surface area (Å²) in [6.45, 7) is 0.671. The van der Waals surface area contributed by atoms with Gasteiger partial charge in [0.25, 0.3) is 5.91 Å². The molecule has 0 aliphatic heterocycles. The van der Waals surface area contributed by atoms with Crippen LogP contribution < -0.4 is 0 Å². The van der Waals surface area contributed by atoms with E-state index in [4.69, 9.17) is 21.3 Å². The van der Waals surface area contributed by atoms with Crippen LogP contribution in [0.3, 0.4) is 0 Å². The third-order valence-corrected chi connectivity index (χ3v) is 4.09. The van der Waals surface area contributed by atoms with Crippen molar-refractivity contribution in [2.24, 2.45) is 0 Å². The predicted octanol–water partition coefficient (Wildman–Crippen LogP) is 4.25. The maximum Gasteiger partial charge on any atom is 0.254 e. The van der Waals surface area contributed by atoms with Crippen molar-refractivity contribution in [1.82, 2.24) is 4.90 Å². The van der Waals surface area contributed by atoms with Crippen LogP contribution in [0.4, 0.5) is 0 Å². The van der Waals surface area contributed by atoms with E-state index in [1.165, 1.54) is 0 Å². The first-order chi connectivity index (χ1) is 10.1. The average molecular weight is 368 g/mol. The van der Waals surface area contributed by atoms with Crippen LogP contribution in [0.1, 0.15) is 22.5 Å². The van der Waals surface area contributed by atoms with E-state index >= 15 is 0 Å². The third kappa shape index (κ3) is 4.10. The molecular formula is C15H12BrClN2O2. The van der Waals surface area contributed by atoms with E-state index in [2.05, 4.69) is 15.9 Å². The lowest BCUT2D eigenvalue weighted by molar-refractivity contribution is 0.0735. The Morgan fingerprint density at radius 3 is 2.86 bits per heavy atom. The fourth-order valence-electron chi connectivity index (χ4n) is 1.84. The van der Waals surface area contributed by atoms with Gasteiger partial charge >= 0.3 is 0 Å². The highest BCUT2D eigenvalue weighted by molar-refractivity contribution is 9.10. The molecule has 0 bridgehead atoms. The minimum Gasteiger partial charge on any atom is -0.467 e. The lowest BCUT2D eigenvalue weighted by Crippen LogP contribution is -2.31. The number of nitrogens with zero attached hydrogens (tertiary/aromatic N) is 2. The minimum atomic E-state index is -0.168. The van der Waals surface area contributed by atoms with Crippen molar-refractivity contribution in [2.75, 3.05) is 6.54 Å². The first-order valence-electron chi connectivity index (χ1n) is 6.25. The second-order valence-corrected chi connectivity index (χ2v) is 5.60. The molecule has 0 fully saturated rings. The van der Waals surface area contributed by atoms with Gasteiger partial charge in [-0.1, -0.05) is 11.6 Å². The predicted molar refractivity (Wildman–Crippen MR) is 82.8 cm³/mol. The molecule has 1 aromatic heterocycles. The van der Waals surface area contributed by atoms with Gasteiger partial charge in [-0.05, 0) is 46.3 Å². The van der Waals surface area contributed by atoms with E-state index < -0.39 is 0 Å². The molecule has 0 aliphatic carbocycles. The lowest BCUT2D eigenvalue weighted by atomic mass is 10.2. The van der Waals surface area contributed by atoms with Crippen LogP contribution in [0, 0.1) is 11.3 Å². The maximum atomic E-state index is 12.6. The van der Waals surface area contributed by atoms with Gasteiger partial charge in [0.15, 0.2) is 0 Å². The summed E-state index contributed by atoms with van der Waals surface area (Å²) in [5.74, 6) is 0.508. The summed E-state index contributed by atoms with van der Waals surface area (Å²) < 4.78 is 5.93. The van der Waals surface area contributed by atoms with Crippen LogP contribution in [0.25, 0.3) is 0 Å². The zero-order valence-corrected chi connectivity index (χ0v) is 13.4. The first-order valence-corrected chi connectivity index (χ1v) is 7.42. The van der Waals surface area contributed by atoms with E-state index in [-0.39, 0.29) is 12.3 Å². The molecule has 2 aromatic rings. The van der Waals surface area contributed by atoms with Crippen molar-refractivity contribution < 1.29 is 9.21 Å². The van der Waals surface area contributed by atoms with Gasteiger partial charge in [0, 0.05) is 16.6 Å². The Kier molecular flexibility index (Phi) is 5.43. The van der Waals surface area contributed by atoms with E-state index in [9.17, 15) is 4.79 Å². The van der Waals surface area contributed by atoms with E-state index in [0.29, 0.717) is 33.9 Å². The Morgan fingerprint density at radius 1 is 1.43 bits per heavy atom. The zero-order valence-electron chi connectivity index (χ0n) is 11.1. The van der Waals surface area contributed by atoms with Crippen LogP contribution in [0.15, 0.2) is 45.5 Å². The van der Waals surface area contributed by atoms with Crippen LogP contribution in [-0.2, 0) is 6.54 Å². The fraction of sp³-hybridized carbons (Fsp3) is 0.200. The number of carbonyl (C=O) groups is 1. The molecule has 0 radical (unpaired) electrons. The van der Waals surface area contributed by atoms with Crippen molar-refractivity contribution >= 4 is 33.4 Å². The minimum absolute atomic E-state index is 0.168. The highest BCUT2D eigenvalue weighted by Crippen LogP contribution is 2.24. The summed E-state index contributed by atoms with van der Waals surface area (Å²) >= 11 is 9.24. The molecule has 21 heavy (non-hydrogen) atoms. The third-order valence-electron chi connectivity index (χ3n) is 2.87. The SMILES string of the molecule is N#CCCN(Cc1ccco1)C(=O)c1ccc(Cl)c(Br)c1. The molecule has 1 aromatic carbocycles. The number of furan rings is 1. The Labute approximate surface area is 136 Å². The second kappa shape index (κ2) is 7.30. The normalized spacial score (nSPS) is 10.1. The fourth-order valence-corrected chi connectivity index (χ4v) is 2.34. The van der Waals surface area contributed by atoms with Crippen LogP contribution in [-0.4, -0.2) is 17.4 Å². The van der Waals surface area contributed by atoms with Crippen molar-refractivity contribution in [3.8, 4) is 6.07 Å². The highest BCUT2D eigenvalue weighted by atomic mass is 79.9. The Morgan fingerprint density at radius 2 is 2.24 bits per heavy atom. The molecule has 0 saturated carbocycles. The summed E-state index contributed by atoms with van der Waals surface area (Å²) in [6, 6.07) is 10.6. The van der Waals surface area contributed by atoms with E-state index in [1.54, 1.807) is 41.5 Å². The zero-order chi connectivity index (χ0) is 15.2. The van der Waals surface area contributed by atoms with Gasteiger partial charge in [-0.3, -0.25) is 4.79 Å². The van der Waals surface area contributed by atoms with Gasteiger partial charge in [0.2, 0.25) is 0 Å². The van der Waals surface area contributed by atoms with Gasteiger partial charge in [-0.25, -0.2) is 0 Å². The highest BCUT2D eigenvalue weighted by Gasteiger charge is 2.17. The molecule has 0 atom stereocenters. The number of benzene rings is 1. The summed E-state index contributed by atoms with van der Waals surface area (Å²) in [7, 11) is 0. The molecule has 0 aliphatic rings. The summed E-state index contributed by atoms with van der Waals surface area (Å²) in [5.41, 5.74) is 0.510. The van der Waals surface area contributed by atoms with Crippen molar-refractivity contribution in [3.05, 3.63) is 57.4 Å². The molecule has 0 unspecified atom stereocenters. The molecule has 0 saturated heterocycles. The molecule has 4 nitrogen and oxygen atoms in total. The van der Waals surface area contributed by atoms with Crippen LogP contribution in [0.2, 0.25) is 5.02 Å². The quantitative estimate of drug-likeness (QED) is 0.793. The van der Waals surface area contributed by atoms with Crippen molar-refractivity contribution in [1.29, 1.82) is 5.26 Å². The number of carbonyl (C=O) groups excluding carboxylic acids is 1. The standard InChI is InChI=1S/C15H12BrClN2O2/c16-13-9-11(4-5-14(13)17)15(20)19(7-2-6-18)10-12-3-1-8-21-12/h1,3-5,8-9H,2,7,10H2. The number of rotatable bonds is 5. The van der Waals surface area contributed by atoms with Crippen molar-refractivity contribution in [2.45, 2.75) is 13.0 Å². The molecule has 6 heteroatoms. The Bertz CT molecular complexity index is 665. The monoisotopic (exact) mass is 366 g/mol. The second-order valence-electron chi connectivity index (χ2n) is 4.34. The molecule has 2 rings (SSSR count). The number of amides is 1. The van der Waals surface area contributed by atoms with Gasteiger partial charge in [-0.2, -0.15) is 5.26 Å². The average Bonchev–Trinajstić information content (AvgIpc) is 2.98. The van der Waals surface area contributed by atoms with Crippen molar-refractivity contribution in [3.63, 3.8) is 0 Å². The van der Waals surface area contributed by atoms with Gasteiger partial charge in [-0.15, -0.1) is 0 Å². The Balaban J connectivity index is 2.20. The summed E-state index contributed by atoms with van der Waals surface area (Å²) in [5, 5.41) is 9.28. The topological polar surface area (TPSA) is 57.2 Å². The van der Waals surface area contributed by atoms with Gasteiger partial charge in [0.05, 0.1) is 30.3 Å². The van der Waals surface area contributed by atoms with E-state index in [0.717, 1.165) is 0 Å². The number of hydrogen-bond donors (Lipinski definition) is 0. The van der Waals surface area contributed by atoms with Gasteiger partial charge < -0.3 is 9.32 Å².